The van der Waals surface area contributed by atoms with Crippen molar-refractivity contribution in [3.05, 3.63) is 199 Å². The van der Waals surface area contributed by atoms with Crippen molar-refractivity contribution in [3.8, 4) is 33.4 Å². The number of nitrogens with zero attached hydrogens (tertiary/aromatic N) is 1. The minimum absolute atomic E-state index is 1.10. The molecule has 0 aliphatic rings. The van der Waals surface area contributed by atoms with Crippen molar-refractivity contribution >= 4 is 92.9 Å². The number of anilines is 3. The van der Waals surface area contributed by atoms with E-state index in [0.717, 1.165) is 17.1 Å². The molecule has 266 valence electrons. The molecule has 10 rings (SSSR count). The summed E-state index contributed by atoms with van der Waals surface area (Å²) >= 11 is 3.66. The number of benzene rings is 8. The highest BCUT2D eigenvalue weighted by molar-refractivity contribution is 7.25. The molecule has 0 aliphatic carbocycles. The van der Waals surface area contributed by atoms with Crippen LogP contribution < -0.4 is 4.90 Å². The van der Waals surface area contributed by atoms with E-state index in [1.165, 1.54) is 84.9 Å². The van der Waals surface area contributed by atoms with Gasteiger partial charge in [0.1, 0.15) is 0 Å². The Morgan fingerprint density at radius 2 is 1.04 bits per heavy atom. The molecule has 0 aliphatic heterocycles. The Labute approximate surface area is 335 Å². The number of thiophene rings is 2. The largest absolute Gasteiger partial charge is 0.309 e. The molecule has 0 radical (unpaired) electrons. The van der Waals surface area contributed by atoms with Crippen LogP contribution in [0.2, 0.25) is 0 Å². The van der Waals surface area contributed by atoms with E-state index in [-0.39, 0.29) is 0 Å². The molecule has 8 aromatic carbocycles. The zero-order chi connectivity index (χ0) is 37.6. The lowest BCUT2D eigenvalue weighted by Crippen LogP contribution is -2.10. The fourth-order valence-corrected chi connectivity index (χ4v) is 10.4. The maximum absolute atomic E-state index is 4.16. The van der Waals surface area contributed by atoms with E-state index in [9.17, 15) is 0 Å². The van der Waals surface area contributed by atoms with E-state index in [4.69, 9.17) is 0 Å². The molecule has 0 N–H and O–H groups in total. The highest BCUT2D eigenvalue weighted by Gasteiger charge is 2.20. The normalized spacial score (nSPS) is 11.7. The van der Waals surface area contributed by atoms with E-state index in [1.54, 1.807) is 11.3 Å². The summed E-state index contributed by atoms with van der Waals surface area (Å²) in [6.07, 6.45) is 6.29. The van der Waals surface area contributed by atoms with Crippen molar-refractivity contribution in [2.24, 2.45) is 0 Å². The van der Waals surface area contributed by atoms with Gasteiger partial charge in [0.05, 0.1) is 10.4 Å². The molecule has 0 amide bonds. The summed E-state index contributed by atoms with van der Waals surface area (Å²) in [5.74, 6) is 0. The van der Waals surface area contributed by atoms with Crippen LogP contribution in [0, 0.1) is 0 Å². The highest BCUT2D eigenvalue weighted by Crippen LogP contribution is 2.46. The van der Waals surface area contributed by atoms with Crippen LogP contribution in [-0.4, -0.2) is 0 Å². The third-order valence-electron chi connectivity index (χ3n) is 10.8. The van der Waals surface area contributed by atoms with Crippen molar-refractivity contribution < 1.29 is 0 Å². The maximum atomic E-state index is 4.16. The van der Waals surface area contributed by atoms with Crippen molar-refractivity contribution in [1.82, 2.24) is 0 Å². The number of hydrogen-bond donors (Lipinski definition) is 0. The number of allylic oxidation sites excluding steroid dienone is 1. The van der Waals surface area contributed by atoms with Crippen LogP contribution >= 0.6 is 22.7 Å². The van der Waals surface area contributed by atoms with Gasteiger partial charge in [-0.25, -0.2) is 0 Å². The van der Waals surface area contributed by atoms with Crippen LogP contribution in [0.1, 0.15) is 17.4 Å². The van der Waals surface area contributed by atoms with Gasteiger partial charge in [-0.3, -0.25) is 0 Å². The molecular formula is C53H37NS2. The number of rotatable bonds is 8. The molecule has 56 heavy (non-hydrogen) atoms. The van der Waals surface area contributed by atoms with Gasteiger partial charge >= 0.3 is 0 Å². The van der Waals surface area contributed by atoms with Crippen LogP contribution in [0.15, 0.2) is 189 Å². The molecule has 0 spiro atoms. The molecule has 0 bridgehead atoms. The highest BCUT2D eigenvalue weighted by atomic mass is 32.1. The lowest BCUT2D eigenvalue weighted by molar-refractivity contribution is 1.30. The Kier molecular flexibility index (Phi) is 8.67. The molecule has 0 saturated heterocycles. The lowest BCUT2D eigenvalue weighted by Gasteiger charge is -2.26. The van der Waals surface area contributed by atoms with Gasteiger partial charge in [0.25, 0.3) is 0 Å². The first kappa shape index (κ1) is 34.0. The van der Waals surface area contributed by atoms with Crippen molar-refractivity contribution in [2.45, 2.75) is 6.92 Å². The second kappa shape index (κ2) is 14.3. The molecule has 0 unspecified atom stereocenters. The van der Waals surface area contributed by atoms with Gasteiger partial charge in [0, 0.05) is 47.4 Å². The molecule has 3 heteroatoms. The zero-order valence-corrected chi connectivity index (χ0v) is 32.6. The smallest absolute Gasteiger partial charge is 0.0640 e. The third kappa shape index (κ3) is 5.84. The Morgan fingerprint density at radius 3 is 1.73 bits per heavy atom. The quantitative estimate of drug-likeness (QED) is 0.149. The first-order chi connectivity index (χ1) is 27.7. The zero-order valence-electron chi connectivity index (χ0n) is 30.9. The fraction of sp³-hybridized carbons (Fsp3) is 0.0189. The first-order valence-corrected chi connectivity index (χ1v) is 20.6. The van der Waals surface area contributed by atoms with E-state index in [2.05, 4.69) is 206 Å². The first-order valence-electron chi connectivity index (χ1n) is 19.0. The van der Waals surface area contributed by atoms with E-state index >= 15 is 0 Å². The number of hydrogen-bond acceptors (Lipinski definition) is 3. The average Bonchev–Trinajstić information content (AvgIpc) is 3.82. The minimum atomic E-state index is 1.10. The lowest BCUT2D eigenvalue weighted by atomic mass is 9.91. The predicted octanol–water partition coefficient (Wildman–Crippen LogP) is 16.6. The van der Waals surface area contributed by atoms with Crippen LogP contribution in [0.4, 0.5) is 17.1 Å². The van der Waals surface area contributed by atoms with Gasteiger partial charge in [-0.2, -0.15) is 0 Å². The minimum Gasteiger partial charge on any atom is -0.309 e. The predicted molar refractivity (Wildman–Crippen MR) is 248 cm³/mol. The topological polar surface area (TPSA) is 3.24 Å². The van der Waals surface area contributed by atoms with Gasteiger partial charge in [-0.15, -0.1) is 22.7 Å². The van der Waals surface area contributed by atoms with Gasteiger partial charge in [0.15, 0.2) is 0 Å². The molecule has 0 fully saturated rings. The van der Waals surface area contributed by atoms with Crippen LogP contribution in [-0.2, 0) is 0 Å². The third-order valence-corrected chi connectivity index (χ3v) is 13.2. The second-order valence-corrected chi connectivity index (χ2v) is 16.2. The summed E-state index contributed by atoms with van der Waals surface area (Å²) in [7, 11) is 0. The van der Waals surface area contributed by atoms with E-state index < -0.39 is 0 Å². The Hall–Kier alpha value is -6.52. The Bertz CT molecular complexity index is 3090. The molecule has 0 saturated carbocycles. The molecule has 10 aromatic rings. The SMILES string of the molecule is C=Cc1sc2c(N(c3ccc(-c4ccccc4)cc3)c3ccc(-c4ccc(-c5ccc6sc7ccccc7c6c5)c5ccccc45)cc3)cccc2c1/C=C\C. The molecular weight excluding hydrogens is 715 g/mol. The average molecular weight is 752 g/mol. The number of fused-ring (bicyclic) bond motifs is 5. The Morgan fingerprint density at radius 1 is 0.464 bits per heavy atom. The summed E-state index contributed by atoms with van der Waals surface area (Å²) in [6, 6.07) is 64.4. The van der Waals surface area contributed by atoms with Crippen molar-refractivity contribution in [2.75, 3.05) is 4.90 Å². The second-order valence-electron chi connectivity index (χ2n) is 14.0. The summed E-state index contributed by atoms with van der Waals surface area (Å²) in [5, 5.41) is 6.39. The van der Waals surface area contributed by atoms with Gasteiger partial charge in [0.2, 0.25) is 0 Å². The van der Waals surface area contributed by atoms with Gasteiger partial charge in [-0.05, 0) is 99.6 Å². The van der Waals surface area contributed by atoms with Crippen molar-refractivity contribution in [1.29, 1.82) is 0 Å². The van der Waals surface area contributed by atoms with Gasteiger partial charge < -0.3 is 4.90 Å². The summed E-state index contributed by atoms with van der Waals surface area (Å²) in [5.41, 5.74) is 11.9. The maximum Gasteiger partial charge on any atom is 0.0640 e. The monoisotopic (exact) mass is 751 g/mol. The molecule has 0 atom stereocenters. The molecule has 1 nitrogen and oxygen atoms in total. The molecule has 2 heterocycles. The summed E-state index contributed by atoms with van der Waals surface area (Å²) < 4.78 is 3.90. The fourth-order valence-electron chi connectivity index (χ4n) is 8.16. The van der Waals surface area contributed by atoms with Crippen molar-refractivity contribution in [3.63, 3.8) is 0 Å². The van der Waals surface area contributed by atoms with Crippen LogP contribution in [0.5, 0.6) is 0 Å². The summed E-state index contributed by atoms with van der Waals surface area (Å²) in [4.78, 5) is 3.58. The van der Waals surface area contributed by atoms with Crippen LogP contribution in [0.3, 0.4) is 0 Å². The summed E-state index contributed by atoms with van der Waals surface area (Å²) in [6.45, 7) is 6.24. The Balaban J connectivity index is 1.08. The standard InChI is InChI=1S/C53H37NS2/c1-3-13-45-47-19-12-20-49(53(47)56-50(45)4-2)54(39-27-22-36(23-28-39)35-14-6-5-7-15-35)40-29-24-37(25-30-40)41-31-32-42(44-17-9-8-16-43(41)44)38-26-33-52-48(34-38)46-18-10-11-21-51(46)55-52/h3-34H,2H2,1H3/b13-3-. The van der Waals surface area contributed by atoms with E-state index in [0.29, 0.717) is 0 Å². The van der Waals surface area contributed by atoms with Gasteiger partial charge in [-0.1, -0.05) is 152 Å². The van der Waals surface area contributed by atoms with E-state index in [1.807, 2.05) is 17.4 Å². The van der Waals surface area contributed by atoms with Crippen LogP contribution in [0.25, 0.3) is 86.6 Å². The molecule has 2 aromatic heterocycles.